The highest BCUT2D eigenvalue weighted by Gasteiger charge is 2.29. The summed E-state index contributed by atoms with van der Waals surface area (Å²) in [7, 11) is 0. The largest absolute Gasteiger partial charge is 0.396 e. The summed E-state index contributed by atoms with van der Waals surface area (Å²) in [5, 5.41) is 9.14. The molecular weight excluding hydrogens is 239 g/mol. The minimum absolute atomic E-state index is 0.304. The average Bonchev–Trinajstić information content (AvgIpc) is 2.06. The Bertz CT molecular complexity index is 91.4. The summed E-state index contributed by atoms with van der Waals surface area (Å²) in [5.41, 5.74) is 0.304. The van der Waals surface area contributed by atoms with Crippen molar-refractivity contribution in [1.82, 2.24) is 0 Å². The van der Waals surface area contributed by atoms with Crippen LogP contribution in [0.1, 0.15) is 32.1 Å². The number of aliphatic hydroxyl groups is 1. The van der Waals surface area contributed by atoms with Gasteiger partial charge in [-0.05, 0) is 12.8 Å². The molecule has 0 heterocycles. The highest BCUT2D eigenvalue weighted by molar-refractivity contribution is 14.1. The van der Waals surface area contributed by atoms with E-state index >= 15 is 0 Å². The summed E-state index contributed by atoms with van der Waals surface area (Å²) in [6.45, 7) is 0.399. The second-order valence-electron chi connectivity index (χ2n) is 3.35. The van der Waals surface area contributed by atoms with Crippen LogP contribution in [0.15, 0.2) is 0 Å². The van der Waals surface area contributed by atoms with Crippen LogP contribution in [0.2, 0.25) is 0 Å². The van der Waals surface area contributed by atoms with Gasteiger partial charge in [0.2, 0.25) is 0 Å². The molecule has 0 aromatic rings. The van der Waals surface area contributed by atoms with Crippen molar-refractivity contribution in [3.63, 3.8) is 0 Å². The van der Waals surface area contributed by atoms with Crippen LogP contribution in [-0.4, -0.2) is 16.1 Å². The molecule has 1 N–H and O–H groups in total. The number of aliphatic hydroxyl groups excluding tert-OH is 1. The third-order valence-electron chi connectivity index (χ3n) is 2.53. The van der Waals surface area contributed by atoms with Crippen LogP contribution in [0, 0.1) is 5.41 Å². The molecule has 60 valence electrons. The number of alkyl halides is 1. The van der Waals surface area contributed by atoms with Gasteiger partial charge in [-0.1, -0.05) is 41.9 Å². The molecule has 10 heavy (non-hydrogen) atoms. The van der Waals surface area contributed by atoms with E-state index in [1.54, 1.807) is 0 Å². The van der Waals surface area contributed by atoms with Crippen LogP contribution in [-0.2, 0) is 0 Å². The molecule has 0 amide bonds. The zero-order valence-electron chi connectivity index (χ0n) is 6.27. The predicted octanol–water partition coefficient (Wildman–Crippen LogP) is 2.36. The van der Waals surface area contributed by atoms with Crippen molar-refractivity contribution in [2.45, 2.75) is 32.1 Å². The quantitative estimate of drug-likeness (QED) is 0.592. The normalized spacial score (nSPS) is 24.6. The lowest BCUT2D eigenvalue weighted by molar-refractivity contribution is 0.108. The maximum Gasteiger partial charge on any atom is 0.0494 e. The Morgan fingerprint density at radius 2 is 1.80 bits per heavy atom. The third kappa shape index (κ3) is 1.84. The Labute approximate surface area is 76.3 Å². The predicted molar refractivity (Wildman–Crippen MR) is 51.5 cm³/mol. The van der Waals surface area contributed by atoms with E-state index in [2.05, 4.69) is 22.6 Å². The van der Waals surface area contributed by atoms with E-state index in [-0.39, 0.29) is 0 Å². The van der Waals surface area contributed by atoms with Crippen LogP contribution in [0.4, 0.5) is 0 Å². The van der Waals surface area contributed by atoms with E-state index in [4.69, 9.17) is 5.11 Å². The summed E-state index contributed by atoms with van der Waals surface area (Å²) >= 11 is 2.40. The Balaban J connectivity index is 2.44. The van der Waals surface area contributed by atoms with E-state index in [0.29, 0.717) is 12.0 Å². The van der Waals surface area contributed by atoms with Gasteiger partial charge in [-0.15, -0.1) is 0 Å². The van der Waals surface area contributed by atoms with E-state index < -0.39 is 0 Å². The molecule has 0 radical (unpaired) electrons. The summed E-state index contributed by atoms with van der Waals surface area (Å²) in [4.78, 5) is 0. The second-order valence-corrected chi connectivity index (χ2v) is 4.12. The van der Waals surface area contributed by atoms with Gasteiger partial charge in [0.25, 0.3) is 0 Å². The molecule has 1 fully saturated rings. The molecule has 0 bridgehead atoms. The van der Waals surface area contributed by atoms with Crippen molar-refractivity contribution in [2.75, 3.05) is 11.0 Å². The summed E-state index contributed by atoms with van der Waals surface area (Å²) in [6.07, 6.45) is 6.50. The molecular formula is C8H15IO. The molecule has 0 unspecified atom stereocenters. The Kier molecular flexibility index (Phi) is 3.43. The average molecular weight is 254 g/mol. The highest BCUT2D eigenvalue weighted by atomic mass is 127. The summed E-state index contributed by atoms with van der Waals surface area (Å²) in [6, 6.07) is 0. The number of hydrogen-bond donors (Lipinski definition) is 1. The van der Waals surface area contributed by atoms with Crippen molar-refractivity contribution >= 4 is 22.6 Å². The fourth-order valence-electron chi connectivity index (χ4n) is 1.64. The first-order valence-electron chi connectivity index (χ1n) is 4.00. The number of halogens is 1. The van der Waals surface area contributed by atoms with Gasteiger partial charge < -0.3 is 5.11 Å². The Hall–Kier alpha value is 0.690. The molecule has 1 nitrogen and oxygen atoms in total. The lowest BCUT2D eigenvalue weighted by Gasteiger charge is -2.33. The standard InChI is InChI=1S/C8H15IO/c9-6-8(7-10)4-2-1-3-5-8/h10H,1-7H2. The van der Waals surface area contributed by atoms with Gasteiger partial charge in [0.15, 0.2) is 0 Å². The molecule has 1 rings (SSSR count). The second kappa shape index (κ2) is 3.90. The van der Waals surface area contributed by atoms with Crippen LogP contribution in [0.3, 0.4) is 0 Å². The van der Waals surface area contributed by atoms with Gasteiger partial charge in [0.05, 0.1) is 0 Å². The summed E-state index contributed by atoms with van der Waals surface area (Å²) in [5.74, 6) is 0. The smallest absolute Gasteiger partial charge is 0.0494 e. The highest BCUT2D eigenvalue weighted by Crippen LogP contribution is 2.37. The maximum atomic E-state index is 9.14. The minimum Gasteiger partial charge on any atom is -0.396 e. The van der Waals surface area contributed by atoms with Crippen LogP contribution in [0.5, 0.6) is 0 Å². The van der Waals surface area contributed by atoms with Gasteiger partial charge in [-0.25, -0.2) is 0 Å². The molecule has 0 atom stereocenters. The van der Waals surface area contributed by atoms with Crippen molar-refractivity contribution in [1.29, 1.82) is 0 Å². The molecule has 1 saturated carbocycles. The summed E-state index contributed by atoms with van der Waals surface area (Å²) < 4.78 is 1.13. The molecule has 1 aliphatic carbocycles. The fourth-order valence-corrected chi connectivity index (χ4v) is 2.64. The van der Waals surface area contributed by atoms with Crippen LogP contribution < -0.4 is 0 Å². The lowest BCUT2D eigenvalue weighted by Crippen LogP contribution is -2.29. The zero-order chi connectivity index (χ0) is 7.45. The Morgan fingerprint density at radius 1 is 1.20 bits per heavy atom. The first-order chi connectivity index (χ1) is 4.83. The molecule has 0 spiro atoms. The molecule has 0 aliphatic heterocycles. The Morgan fingerprint density at radius 3 is 2.10 bits per heavy atom. The first kappa shape index (κ1) is 8.78. The van der Waals surface area contributed by atoms with Crippen molar-refractivity contribution in [2.24, 2.45) is 5.41 Å². The zero-order valence-corrected chi connectivity index (χ0v) is 8.43. The maximum absolute atomic E-state index is 9.14. The van der Waals surface area contributed by atoms with Gasteiger partial charge in [-0.2, -0.15) is 0 Å². The van der Waals surface area contributed by atoms with Crippen LogP contribution in [0.25, 0.3) is 0 Å². The fraction of sp³-hybridized carbons (Fsp3) is 1.00. The topological polar surface area (TPSA) is 20.2 Å². The van der Waals surface area contributed by atoms with Crippen molar-refractivity contribution < 1.29 is 5.11 Å². The monoisotopic (exact) mass is 254 g/mol. The van der Waals surface area contributed by atoms with E-state index in [1.807, 2.05) is 0 Å². The van der Waals surface area contributed by atoms with E-state index in [9.17, 15) is 0 Å². The van der Waals surface area contributed by atoms with E-state index in [1.165, 1.54) is 32.1 Å². The third-order valence-corrected chi connectivity index (χ3v) is 4.15. The van der Waals surface area contributed by atoms with Gasteiger partial charge in [0, 0.05) is 16.4 Å². The minimum atomic E-state index is 0.304. The van der Waals surface area contributed by atoms with Gasteiger partial charge in [0.1, 0.15) is 0 Å². The molecule has 1 aliphatic rings. The van der Waals surface area contributed by atoms with Gasteiger partial charge in [-0.3, -0.25) is 0 Å². The molecule has 0 aromatic heterocycles. The lowest BCUT2D eigenvalue weighted by atomic mass is 9.76. The van der Waals surface area contributed by atoms with Crippen LogP contribution >= 0.6 is 22.6 Å². The molecule has 2 heteroatoms. The number of hydrogen-bond acceptors (Lipinski definition) is 1. The van der Waals surface area contributed by atoms with Crippen molar-refractivity contribution in [3.8, 4) is 0 Å². The van der Waals surface area contributed by atoms with E-state index in [0.717, 1.165) is 4.43 Å². The first-order valence-corrected chi connectivity index (χ1v) is 5.52. The van der Waals surface area contributed by atoms with Gasteiger partial charge >= 0.3 is 0 Å². The molecule has 0 aromatic carbocycles. The number of rotatable bonds is 2. The molecule has 0 saturated heterocycles. The van der Waals surface area contributed by atoms with Crippen molar-refractivity contribution in [3.05, 3.63) is 0 Å². The SMILES string of the molecule is OCC1(CI)CCCCC1.